The van der Waals surface area contributed by atoms with E-state index in [2.05, 4.69) is 5.32 Å². The normalized spacial score (nSPS) is 12.0. The summed E-state index contributed by atoms with van der Waals surface area (Å²) in [4.78, 5) is 25.1. The first-order valence-electron chi connectivity index (χ1n) is 7.10. The van der Waals surface area contributed by atoms with Crippen LogP contribution in [0.5, 0.6) is 5.75 Å². The number of benzene rings is 1. The topological polar surface area (TPSA) is 58.6 Å². The number of nitrogens with zero attached hydrogens (tertiary/aromatic N) is 1. The molecule has 2 amide bonds. The van der Waals surface area contributed by atoms with Crippen molar-refractivity contribution in [2.24, 2.45) is 5.92 Å². The van der Waals surface area contributed by atoms with Gasteiger partial charge in [0.05, 0.1) is 7.11 Å². The molecule has 1 N–H and O–H groups in total. The summed E-state index contributed by atoms with van der Waals surface area (Å²) in [6.45, 7) is 5.35. The van der Waals surface area contributed by atoms with Gasteiger partial charge in [0.15, 0.2) is 11.6 Å². The second-order valence-corrected chi connectivity index (χ2v) is 5.59. The summed E-state index contributed by atoms with van der Waals surface area (Å²) in [7, 11) is 3.02. The summed E-state index contributed by atoms with van der Waals surface area (Å²) in [5.41, 5.74) is 0.652. The zero-order chi connectivity index (χ0) is 16.9. The van der Waals surface area contributed by atoms with Crippen LogP contribution in [0.3, 0.4) is 0 Å². The SMILES string of the molecule is COc1ccc(CN(C)C(=O)[C@H](NC(C)=O)C(C)C)cc1F. The predicted octanol–water partition coefficient (Wildman–Crippen LogP) is 1.95. The van der Waals surface area contributed by atoms with E-state index in [9.17, 15) is 14.0 Å². The van der Waals surface area contributed by atoms with Gasteiger partial charge in [-0.3, -0.25) is 9.59 Å². The fraction of sp³-hybridized carbons (Fsp3) is 0.500. The van der Waals surface area contributed by atoms with Crippen LogP contribution in [0.2, 0.25) is 0 Å². The van der Waals surface area contributed by atoms with Crippen LogP contribution in [-0.2, 0) is 16.1 Å². The standard InChI is InChI=1S/C16H23FN2O3/c1-10(2)15(18-11(3)20)16(21)19(4)9-12-6-7-14(22-5)13(17)8-12/h6-8,10,15H,9H2,1-5H3,(H,18,20)/t15-/m1/s1. The summed E-state index contributed by atoms with van der Waals surface area (Å²) in [6.07, 6.45) is 0. The monoisotopic (exact) mass is 310 g/mol. The van der Waals surface area contributed by atoms with Crippen LogP contribution in [0.25, 0.3) is 0 Å². The summed E-state index contributed by atoms with van der Waals surface area (Å²) >= 11 is 0. The quantitative estimate of drug-likeness (QED) is 0.874. The lowest BCUT2D eigenvalue weighted by molar-refractivity contribution is -0.136. The van der Waals surface area contributed by atoms with Crippen molar-refractivity contribution in [3.8, 4) is 5.75 Å². The van der Waals surface area contributed by atoms with Crippen LogP contribution >= 0.6 is 0 Å². The zero-order valence-electron chi connectivity index (χ0n) is 13.6. The average molecular weight is 310 g/mol. The second-order valence-electron chi connectivity index (χ2n) is 5.59. The Balaban J connectivity index is 2.82. The van der Waals surface area contributed by atoms with Crippen molar-refractivity contribution < 1.29 is 18.7 Å². The number of hydrogen-bond acceptors (Lipinski definition) is 3. The number of carbonyl (C=O) groups excluding carboxylic acids is 2. The molecule has 0 aromatic heterocycles. The van der Waals surface area contributed by atoms with E-state index in [-0.39, 0.29) is 30.0 Å². The molecule has 0 heterocycles. The molecular weight excluding hydrogens is 287 g/mol. The first kappa shape index (κ1) is 17.9. The molecule has 0 aliphatic heterocycles. The maximum absolute atomic E-state index is 13.7. The number of rotatable bonds is 6. The number of hydrogen-bond donors (Lipinski definition) is 1. The minimum atomic E-state index is -0.592. The molecule has 0 fully saturated rings. The van der Waals surface area contributed by atoms with Crippen molar-refractivity contribution in [1.29, 1.82) is 0 Å². The van der Waals surface area contributed by atoms with Crippen LogP contribution in [0.4, 0.5) is 4.39 Å². The van der Waals surface area contributed by atoms with Crippen LogP contribution in [0.1, 0.15) is 26.3 Å². The van der Waals surface area contributed by atoms with E-state index < -0.39 is 11.9 Å². The molecule has 122 valence electrons. The van der Waals surface area contributed by atoms with Crippen LogP contribution in [0, 0.1) is 11.7 Å². The van der Waals surface area contributed by atoms with Gasteiger partial charge in [-0.2, -0.15) is 0 Å². The van der Waals surface area contributed by atoms with Crippen molar-refractivity contribution in [2.75, 3.05) is 14.2 Å². The van der Waals surface area contributed by atoms with Gasteiger partial charge in [0, 0.05) is 20.5 Å². The molecule has 0 spiro atoms. The maximum Gasteiger partial charge on any atom is 0.245 e. The fourth-order valence-corrected chi connectivity index (χ4v) is 2.13. The molecular formula is C16H23FN2O3. The molecule has 0 saturated heterocycles. The highest BCUT2D eigenvalue weighted by molar-refractivity contribution is 5.86. The predicted molar refractivity (Wildman–Crippen MR) is 81.9 cm³/mol. The van der Waals surface area contributed by atoms with Crippen molar-refractivity contribution in [1.82, 2.24) is 10.2 Å². The van der Waals surface area contributed by atoms with Gasteiger partial charge < -0.3 is 15.0 Å². The fourth-order valence-electron chi connectivity index (χ4n) is 2.13. The minimum Gasteiger partial charge on any atom is -0.494 e. The molecule has 0 aliphatic rings. The van der Waals surface area contributed by atoms with Gasteiger partial charge in [0.25, 0.3) is 0 Å². The molecule has 0 aliphatic carbocycles. The third-order valence-corrected chi connectivity index (χ3v) is 3.30. The molecule has 5 nitrogen and oxygen atoms in total. The number of amides is 2. The lowest BCUT2D eigenvalue weighted by Gasteiger charge is -2.26. The number of methoxy groups -OCH3 is 1. The highest BCUT2D eigenvalue weighted by atomic mass is 19.1. The van der Waals surface area contributed by atoms with Gasteiger partial charge in [-0.1, -0.05) is 19.9 Å². The summed E-state index contributed by atoms with van der Waals surface area (Å²) in [6, 6.07) is 3.97. The molecule has 0 unspecified atom stereocenters. The molecule has 6 heteroatoms. The van der Waals surface area contributed by atoms with Gasteiger partial charge in [0.1, 0.15) is 6.04 Å². The highest BCUT2D eigenvalue weighted by Gasteiger charge is 2.26. The van der Waals surface area contributed by atoms with Crippen molar-refractivity contribution >= 4 is 11.8 Å². The van der Waals surface area contributed by atoms with Crippen molar-refractivity contribution in [3.63, 3.8) is 0 Å². The number of halogens is 1. The number of ether oxygens (including phenoxy) is 1. The molecule has 1 rings (SSSR count). The Bertz CT molecular complexity index is 546. The first-order valence-corrected chi connectivity index (χ1v) is 7.10. The maximum atomic E-state index is 13.7. The van der Waals surface area contributed by atoms with Crippen molar-refractivity contribution in [3.05, 3.63) is 29.6 Å². The molecule has 0 bridgehead atoms. The largest absolute Gasteiger partial charge is 0.494 e. The van der Waals surface area contributed by atoms with Crippen LogP contribution in [0.15, 0.2) is 18.2 Å². The van der Waals surface area contributed by atoms with E-state index in [1.54, 1.807) is 13.1 Å². The molecule has 22 heavy (non-hydrogen) atoms. The summed E-state index contributed by atoms with van der Waals surface area (Å²) in [5.74, 6) is -0.803. The van der Waals surface area contributed by atoms with E-state index >= 15 is 0 Å². The van der Waals surface area contributed by atoms with Gasteiger partial charge in [-0.05, 0) is 23.6 Å². The van der Waals surface area contributed by atoms with E-state index in [0.717, 1.165) is 0 Å². The van der Waals surface area contributed by atoms with E-state index in [4.69, 9.17) is 4.74 Å². The lowest BCUT2D eigenvalue weighted by Crippen LogP contribution is -2.49. The second kappa shape index (κ2) is 7.77. The number of carbonyl (C=O) groups is 2. The van der Waals surface area contributed by atoms with Gasteiger partial charge in [0.2, 0.25) is 11.8 Å². The Hall–Kier alpha value is -2.11. The third-order valence-electron chi connectivity index (χ3n) is 3.30. The van der Waals surface area contributed by atoms with E-state index in [0.29, 0.717) is 5.56 Å². The van der Waals surface area contributed by atoms with Gasteiger partial charge in [-0.15, -0.1) is 0 Å². The van der Waals surface area contributed by atoms with E-state index in [1.165, 1.54) is 31.1 Å². The first-order chi connectivity index (χ1) is 10.3. The molecule has 1 aromatic carbocycles. The third kappa shape index (κ3) is 4.72. The van der Waals surface area contributed by atoms with Crippen LogP contribution in [-0.4, -0.2) is 36.9 Å². The summed E-state index contributed by atoms with van der Waals surface area (Å²) < 4.78 is 18.5. The van der Waals surface area contributed by atoms with Crippen molar-refractivity contribution in [2.45, 2.75) is 33.4 Å². The Labute approximate surface area is 130 Å². The Morgan fingerprint density at radius 2 is 2.00 bits per heavy atom. The Morgan fingerprint density at radius 1 is 1.36 bits per heavy atom. The molecule has 0 radical (unpaired) electrons. The lowest BCUT2D eigenvalue weighted by atomic mass is 10.0. The average Bonchev–Trinajstić information content (AvgIpc) is 2.43. The minimum absolute atomic E-state index is 0.0357. The van der Waals surface area contributed by atoms with Crippen LogP contribution < -0.4 is 10.1 Å². The molecule has 1 aromatic rings. The number of likely N-dealkylation sites (N-methyl/N-ethyl adjacent to an activating group) is 1. The Kier molecular flexibility index (Phi) is 6.34. The van der Waals surface area contributed by atoms with Gasteiger partial charge >= 0.3 is 0 Å². The summed E-state index contributed by atoms with van der Waals surface area (Å²) in [5, 5.41) is 2.65. The molecule has 1 atom stereocenters. The highest BCUT2D eigenvalue weighted by Crippen LogP contribution is 2.19. The van der Waals surface area contributed by atoms with Gasteiger partial charge in [-0.25, -0.2) is 4.39 Å². The number of nitrogens with one attached hydrogen (secondary N) is 1. The Morgan fingerprint density at radius 3 is 2.45 bits per heavy atom. The zero-order valence-corrected chi connectivity index (χ0v) is 13.6. The van der Waals surface area contributed by atoms with E-state index in [1.807, 2.05) is 13.8 Å². The molecule has 0 saturated carbocycles. The smallest absolute Gasteiger partial charge is 0.245 e.